The van der Waals surface area contributed by atoms with Crippen molar-refractivity contribution < 1.29 is 13.2 Å². The van der Waals surface area contributed by atoms with Crippen LogP contribution in [-0.4, -0.2) is 56.6 Å². The Morgan fingerprint density at radius 2 is 1.66 bits per heavy atom. The number of aryl methyl sites for hydroxylation is 2. The summed E-state index contributed by atoms with van der Waals surface area (Å²) in [7, 11) is -3.24. The van der Waals surface area contributed by atoms with E-state index in [0.717, 1.165) is 32.0 Å². The average molecular weight is 430 g/mol. The van der Waals surface area contributed by atoms with Crippen LogP contribution in [0.5, 0.6) is 0 Å². The lowest BCUT2D eigenvalue weighted by Crippen LogP contribution is -2.48. The lowest BCUT2D eigenvalue weighted by molar-refractivity contribution is 0.0746. The van der Waals surface area contributed by atoms with Crippen molar-refractivity contribution in [1.82, 2.24) is 9.88 Å². The van der Waals surface area contributed by atoms with E-state index in [2.05, 4.69) is 16.0 Å². The van der Waals surface area contributed by atoms with Crippen molar-refractivity contribution in [2.75, 3.05) is 37.3 Å². The monoisotopic (exact) mass is 429 g/mol. The highest BCUT2D eigenvalue weighted by Crippen LogP contribution is 2.31. The molecule has 1 aliphatic rings. The van der Waals surface area contributed by atoms with Crippen LogP contribution in [0.4, 0.5) is 5.13 Å². The second-order valence-corrected chi connectivity index (χ2v) is 10.6. The molecule has 0 atom stereocenters. The number of anilines is 1. The number of hydrogen-bond acceptors (Lipinski definition) is 6. The number of carbonyl (C=O) groups excluding carboxylic acids is 1. The predicted octanol–water partition coefficient (Wildman–Crippen LogP) is 3.28. The number of amides is 1. The Bertz CT molecular complexity index is 1170. The molecule has 29 heavy (non-hydrogen) atoms. The number of carbonyl (C=O) groups is 1. The molecule has 1 saturated heterocycles. The van der Waals surface area contributed by atoms with Gasteiger partial charge in [0.25, 0.3) is 5.91 Å². The molecular weight excluding hydrogens is 406 g/mol. The number of rotatable bonds is 3. The van der Waals surface area contributed by atoms with Crippen LogP contribution >= 0.6 is 11.3 Å². The van der Waals surface area contributed by atoms with Gasteiger partial charge in [-0.1, -0.05) is 28.5 Å². The van der Waals surface area contributed by atoms with Crippen LogP contribution in [0.15, 0.2) is 41.3 Å². The van der Waals surface area contributed by atoms with Crippen LogP contribution in [0.25, 0.3) is 10.2 Å². The number of sulfone groups is 1. The summed E-state index contributed by atoms with van der Waals surface area (Å²) in [5.41, 5.74) is 3.72. The lowest BCUT2D eigenvalue weighted by Gasteiger charge is -2.34. The van der Waals surface area contributed by atoms with Crippen LogP contribution in [0.3, 0.4) is 0 Å². The summed E-state index contributed by atoms with van der Waals surface area (Å²) < 4.78 is 24.4. The number of piperazine rings is 1. The molecule has 6 nitrogen and oxygen atoms in total. The van der Waals surface area contributed by atoms with Crippen LogP contribution in [-0.2, 0) is 9.84 Å². The Kier molecular flexibility index (Phi) is 5.08. The number of hydrogen-bond donors (Lipinski definition) is 0. The molecule has 3 aromatic rings. The predicted molar refractivity (Wildman–Crippen MR) is 117 cm³/mol. The molecule has 1 aromatic heterocycles. The summed E-state index contributed by atoms with van der Waals surface area (Å²) in [6, 6.07) is 11.0. The molecule has 0 N–H and O–H groups in total. The van der Waals surface area contributed by atoms with E-state index in [1.807, 2.05) is 30.9 Å². The van der Waals surface area contributed by atoms with Gasteiger partial charge in [0, 0.05) is 38.0 Å². The van der Waals surface area contributed by atoms with Gasteiger partial charge in [-0.3, -0.25) is 4.79 Å². The van der Waals surface area contributed by atoms with Gasteiger partial charge >= 0.3 is 0 Å². The Labute approximate surface area is 174 Å². The fourth-order valence-corrected chi connectivity index (χ4v) is 5.42. The number of nitrogens with zero attached hydrogens (tertiary/aromatic N) is 3. The summed E-state index contributed by atoms with van der Waals surface area (Å²) in [6.45, 7) is 6.69. The van der Waals surface area contributed by atoms with E-state index in [0.29, 0.717) is 31.1 Å². The molecule has 0 radical (unpaired) electrons. The van der Waals surface area contributed by atoms with Crippen LogP contribution < -0.4 is 4.90 Å². The maximum absolute atomic E-state index is 12.9. The normalized spacial score (nSPS) is 15.1. The van der Waals surface area contributed by atoms with Crippen LogP contribution in [0, 0.1) is 13.8 Å². The molecule has 1 amide bonds. The number of benzene rings is 2. The summed E-state index contributed by atoms with van der Waals surface area (Å²) in [5, 5.41) is 0.865. The first kappa shape index (κ1) is 19.8. The average Bonchev–Trinajstić information content (AvgIpc) is 3.09. The fourth-order valence-electron chi connectivity index (χ4n) is 3.64. The fraction of sp³-hybridized carbons (Fsp3) is 0.333. The Balaban J connectivity index is 1.48. The molecule has 2 aromatic carbocycles. The Morgan fingerprint density at radius 1 is 1.00 bits per heavy atom. The topological polar surface area (TPSA) is 70.6 Å². The highest BCUT2D eigenvalue weighted by Gasteiger charge is 2.24. The highest BCUT2D eigenvalue weighted by molar-refractivity contribution is 7.90. The quantitative estimate of drug-likeness (QED) is 0.639. The maximum atomic E-state index is 12.9. The number of fused-ring (bicyclic) bond motifs is 1. The Morgan fingerprint density at radius 3 is 2.28 bits per heavy atom. The van der Waals surface area contributed by atoms with Gasteiger partial charge in [0.15, 0.2) is 15.0 Å². The van der Waals surface area contributed by atoms with Gasteiger partial charge in [-0.05, 0) is 44.2 Å². The van der Waals surface area contributed by atoms with E-state index in [-0.39, 0.29) is 5.91 Å². The van der Waals surface area contributed by atoms with Crippen molar-refractivity contribution in [3.05, 3.63) is 53.1 Å². The first-order valence-corrected chi connectivity index (χ1v) is 12.1. The van der Waals surface area contributed by atoms with Gasteiger partial charge in [0.05, 0.1) is 15.1 Å². The lowest BCUT2D eigenvalue weighted by atomic mass is 10.1. The zero-order chi connectivity index (χ0) is 20.8. The molecule has 1 aliphatic heterocycles. The molecule has 2 heterocycles. The third kappa shape index (κ3) is 4.13. The molecule has 8 heteroatoms. The van der Waals surface area contributed by atoms with Gasteiger partial charge < -0.3 is 9.80 Å². The minimum absolute atomic E-state index is 0.0681. The van der Waals surface area contributed by atoms with Crippen molar-refractivity contribution in [1.29, 1.82) is 0 Å². The molecule has 0 bridgehead atoms. The standard InChI is InChI=1S/C21H23N3O3S2/c1-14-10-15(2)12-16(11-14)20(25)23-6-8-24(9-7-23)21-22-18-5-4-17(29(3,26)27)13-19(18)28-21/h4-5,10-13H,6-9H2,1-3H3. The molecule has 152 valence electrons. The molecular formula is C21H23N3O3S2. The smallest absolute Gasteiger partial charge is 0.253 e. The minimum atomic E-state index is -3.24. The second kappa shape index (κ2) is 7.42. The van der Waals surface area contributed by atoms with E-state index in [1.165, 1.54) is 17.6 Å². The van der Waals surface area contributed by atoms with Crippen molar-refractivity contribution in [2.24, 2.45) is 0 Å². The largest absolute Gasteiger partial charge is 0.345 e. The highest BCUT2D eigenvalue weighted by atomic mass is 32.2. The van der Waals surface area contributed by atoms with Crippen LogP contribution in [0.2, 0.25) is 0 Å². The van der Waals surface area contributed by atoms with Gasteiger partial charge in [0.1, 0.15) is 0 Å². The summed E-state index contributed by atoms with van der Waals surface area (Å²) in [5.74, 6) is 0.0681. The molecule has 0 spiro atoms. The van der Waals surface area contributed by atoms with Crippen molar-refractivity contribution in [3.8, 4) is 0 Å². The molecule has 4 rings (SSSR count). The van der Waals surface area contributed by atoms with E-state index in [9.17, 15) is 13.2 Å². The number of aromatic nitrogens is 1. The third-order valence-electron chi connectivity index (χ3n) is 5.08. The summed E-state index contributed by atoms with van der Waals surface area (Å²) in [6.07, 6.45) is 1.21. The maximum Gasteiger partial charge on any atom is 0.253 e. The van der Waals surface area contributed by atoms with E-state index >= 15 is 0 Å². The van der Waals surface area contributed by atoms with E-state index in [4.69, 9.17) is 0 Å². The zero-order valence-electron chi connectivity index (χ0n) is 16.7. The SMILES string of the molecule is Cc1cc(C)cc(C(=O)N2CCN(c3nc4ccc(S(C)(=O)=O)cc4s3)CC2)c1. The van der Waals surface area contributed by atoms with Crippen LogP contribution in [0.1, 0.15) is 21.5 Å². The van der Waals surface area contributed by atoms with Gasteiger partial charge in [0.2, 0.25) is 0 Å². The first-order valence-electron chi connectivity index (χ1n) is 9.44. The van der Waals surface area contributed by atoms with Crippen molar-refractivity contribution in [3.63, 3.8) is 0 Å². The van der Waals surface area contributed by atoms with Crippen molar-refractivity contribution >= 4 is 42.4 Å². The van der Waals surface area contributed by atoms with Crippen molar-refractivity contribution in [2.45, 2.75) is 18.7 Å². The minimum Gasteiger partial charge on any atom is -0.345 e. The summed E-state index contributed by atoms with van der Waals surface area (Å²) >= 11 is 1.49. The molecule has 0 unspecified atom stereocenters. The summed E-state index contributed by atoms with van der Waals surface area (Å²) in [4.78, 5) is 21.9. The third-order valence-corrected chi connectivity index (χ3v) is 7.27. The number of thiazole rings is 1. The van der Waals surface area contributed by atoms with E-state index in [1.54, 1.807) is 18.2 Å². The van der Waals surface area contributed by atoms with Gasteiger partial charge in [-0.25, -0.2) is 13.4 Å². The van der Waals surface area contributed by atoms with Gasteiger partial charge in [-0.15, -0.1) is 0 Å². The van der Waals surface area contributed by atoms with E-state index < -0.39 is 9.84 Å². The molecule has 1 fully saturated rings. The second-order valence-electron chi connectivity index (χ2n) is 7.55. The Hall–Kier alpha value is -2.45. The molecule has 0 aliphatic carbocycles. The van der Waals surface area contributed by atoms with Gasteiger partial charge in [-0.2, -0.15) is 0 Å². The first-order chi connectivity index (χ1) is 13.7. The zero-order valence-corrected chi connectivity index (χ0v) is 18.3. The molecule has 0 saturated carbocycles.